The Morgan fingerprint density at radius 2 is 2.10 bits per heavy atom. The second kappa shape index (κ2) is 7.33. The maximum absolute atomic E-state index is 6.43. The van der Waals surface area contributed by atoms with E-state index in [1.54, 1.807) is 0 Å². The third kappa shape index (κ3) is 4.13. The van der Waals surface area contributed by atoms with Crippen LogP contribution in [0.15, 0.2) is 18.2 Å². The van der Waals surface area contributed by atoms with Gasteiger partial charge in [-0.3, -0.25) is 0 Å². The quantitative estimate of drug-likeness (QED) is 0.761. The summed E-state index contributed by atoms with van der Waals surface area (Å²) in [5, 5.41) is 4.30. The van der Waals surface area contributed by atoms with E-state index in [-0.39, 0.29) is 0 Å². The predicted molar refractivity (Wildman–Crippen MR) is 88.7 cm³/mol. The number of hydrogen-bond donors (Lipinski definition) is 1. The third-order valence-corrected chi connectivity index (χ3v) is 4.24. The topological polar surface area (TPSA) is 15.3 Å². The van der Waals surface area contributed by atoms with Gasteiger partial charge in [0.1, 0.15) is 0 Å². The summed E-state index contributed by atoms with van der Waals surface area (Å²) < 4.78 is 0. The van der Waals surface area contributed by atoms with E-state index in [0.29, 0.717) is 0 Å². The van der Waals surface area contributed by atoms with Gasteiger partial charge < -0.3 is 10.2 Å². The number of anilines is 1. The van der Waals surface area contributed by atoms with Gasteiger partial charge in [-0.1, -0.05) is 38.4 Å². The van der Waals surface area contributed by atoms with Crippen LogP contribution in [-0.2, 0) is 6.54 Å². The number of nitrogens with one attached hydrogen (secondary N) is 1. The Bertz CT molecular complexity index is 427. The average Bonchev–Trinajstić information content (AvgIpc) is 3.22. The molecule has 0 aromatic heterocycles. The molecule has 0 amide bonds. The molecule has 2 nitrogen and oxygen atoms in total. The molecular formula is C17H27ClN2. The molecular weight excluding hydrogens is 268 g/mol. The highest BCUT2D eigenvalue weighted by molar-refractivity contribution is 6.31. The third-order valence-electron chi connectivity index (χ3n) is 3.89. The summed E-state index contributed by atoms with van der Waals surface area (Å²) in [6, 6.07) is 7.05. The van der Waals surface area contributed by atoms with Gasteiger partial charge in [0.15, 0.2) is 0 Å². The Hall–Kier alpha value is -0.730. The number of benzene rings is 1. The van der Waals surface area contributed by atoms with Gasteiger partial charge in [-0.05, 0) is 43.9 Å². The zero-order valence-electron chi connectivity index (χ0n) is 13.0. The van der Waals surface area contributed by atoms with Crippen LogP contribution in [0.5, 0.6) is 0 Å². The minimum Gasteiger partial charge on any atom is -0.368 e. The summed E-state index contributed by atoms with van der Waals surface area (Å²) >= 11 is 6.43. The number of nitrogens with zero attached hydrogens (tertiary/aromatic N) is 1. The largest absolute Gasteiger partial charge is 0.368 e. The fourth-order valence-corrected chi connectivity index (χ4v) is 2.76. The SMILES string of the molecule is CCNCc1c(Cl)cccc1N(CCC(C)C)C1CC1. The fourth-order valence-electron chi connectivity index (χ4n) is 2.52. The molecule has 0 heterocycles. The molecule has 1 aliphatic carbocycles. The van der Waals surface area contributed by atoms with Crippen LogP contribution in [0.2, 0.25) is 5.02 Å². The summed E-state index contributed by atoms with van der Waals surface area (Å²) in [6.45, 7) is 9.69. The number of hydrogen-bond acceptors (Lipinski definition) is 2. The molecule has 0 aliphatic heterocycles. The Labute approximate surface area is 128 Å². The van der Waals surface area contributed by atoms with Crippen LogP contribution in [0.3, 0.4) is 0 Å². The molecule has 2 rings (SSSR count). The summed E-state index contributed by atoms with van der Waals surface area (Å²) in [5.74, 6) is 0.743. The first-order valence-electron chi connectivity index (χ1n) is 7.88. The van der Waals surface area contributed by atoms with Crippen molar-refractivity contribution in [3.05, 3.63) is 28.8 Å². The van der Waals surface area contributed by atoms with Crippen LogP contribution >= 0.6 is 11.6 Å². The molecule has 0 saturated heterocycles. The number of rotatable bonds is 8. The van der Waals surface area contributed by atoms with Crippen molar-refractivity contribution < 1.29 is 0 Å². The summed E-state index contributed by atoms with van der Waals surface area (Å²) in [6.07, 6.45) is 3.89. The van der Waals surface area contributed by atoms with Crippen LogP contribution < -0.4 is 10.2 Å². The normalized spacial score (nSPS) is 14.8. The average molecular weight is 295 g/mol. The van der Waals surface area contributed by atoms with Crippen LogP contribution in [0, 0.1) is 5.92 Å². The number of halogens is 1. The van der Waals surface area contributed by atoms with E-state index in [2.05, 4.69) is 43.1 Å². The Morgan fingerprint density at radius 1 is 1.35 bits per heavy atom. The molecule has 1 aliphatic rings. The van der Waals surface area contributed by atoms with Crippen molar-refractivity contribution in [2.24, 2.45) is 5.92 Å². The molecule has 20 heavy (non-hydrogen) atoms. The van der Waals surface area contributed by atoms with Gasteiger partial charge in [-0.25, -0.2) is 0 Å². The predicted octanol–water partition coefficient (Wildman–Crippen LogP) is 4.46. The zero-order valence-corrected chi connectivity index (χ0v) is 13.7. The zero-order chi connectivity index (χ0) is 14.5. The monoisotopic (exact) mass is 294 g/mol. The second-order valence-corrected chi connectivity index (χ2v) is 6.53. The minimum atomic E-state index is 0.729. The molecule has 1 fully saturated rings. The summed E-state index contributed by atoms with van der Waals surface area (Å²) in [5.41, 5.74) is 2.59. The van der Waals surface area contributed by atoms with Crippen molar-refractivity contribution in [1.29, 1.82) is 0 Å². The highest BCUT2D eigenvalue weighted by Crippen LogP contribution is 2.36. The van der Waals surface area contributed by atoms with E-state index in [9.17, 15) is 0 Å². The van der Waals surface area contributed by atoms with Crippen molar-refractivity contribution in [3.8, 4) is 0 Å². The molecule has 1 aromatic rings. The molecule has 0 spiro atoms. The first-order valence-corrected chi connectivity index (χ1v) is 8.26. The van der Waals surface area contributed by atoms with Gasteiger partial charge in [0.05, 0.1) is 0 Å². The molecule has 1 N–H and O–H groups in total. The first-order chi connectivity index (χ1) is 9.63. The van der Waals surface area contributed by atoms with E-state index in [1.165, 1.54) is 30.5 Å². The van der Waals surface area contributed by atoms with Crippen molar-refractivity contribution in [2.45, 2.75) is 52.6 Å². The second-order valence-electron chi connectivity index (χ2n) is 6.12. The lowest BCUT2D eigenvalue weighted by molar-refractivity contribution is 0.569. The summed E-state index contributed by atoms with van der Waals surface area (Å²) in [4.78, 5) is 2.58. The van der Waals surface area contributed by atoms with Gasteiger partial charge in [0.2, 0.25) is 0 Å². The van der Waals surface area contributed by atoms with Crippen molar-refractivity contribution in [3.63, 3.8) is 0 Å². The fraction of sp³-hybridized carbons (Fsp3) is 0.647. The van der Waals surface area contributed by atoms with E-state index in [1.807, 2.05) is 6.07 Å². The van der Waals surface area contributed by atoms with Crippen LogP contribution in [0.4, 0.5) is 5.69 Å². The molecule has 0 atom stereocenters. The van der Waals surface area contributed by atoms with E-state index < -0.39 is 0 Å². The molecule has 0 bridgehead atoms. The van der Waals surface area contributed by atoms with Crippen LogP contribution in [0.25, 0.3) is 0 Å². The molecule has 3 heteroatoms. The highest BCUT2D eigenvalue weighted by Gasteiger charge is 2.30. The van der Waals surface area contributed by atoms with Crippen LogP contribution in [-0.4, -0.2) is 19.1 Å². The van der Waals surface area contributed by atoms with Gasteiger partial charge in [-0.2, -0.15) is 0 Å². The molecule has 1 aromatic carbocycles. The maximum atomic E-state index is 6.43. The lowest BCUT2D eigenvalue weighted by Crippen LogP contribution is -2.29. The lowest BCUT2D eigenvalue weighted by Gasteiger charge is -2.28. The van der Waals surface area contributed by atoms with Gasteiger partial charge >= 0.3 is 0 Å². The minimum absolute atomic E-state index is 0.729. The smallest absolute Gasteiger partial charge is 0.0471 e. The van der Waals surface area contributed by atoms with E-state index in [0.717, 1.165) is 36.6 Å². The van der Waals surface area contributed by atoms with Gasteiger partial charge in [-0.15, -0.1) is 0 Å². The first kappa shape index (κ1) is 15.7. The van der Waals surface area contributed by atoms with Gasteiger partial charge in [0, 0.05) is 35.4 Å². The Balaban J connectivity index is 2.20. The van der Waals surface area contributed by atoms with E-state index in [4.69, 9.17) is 11.6 Å². The molecule has 112 valence electrons. The Morgan fingerprint density at radius 3 is 2.70 bits per heavy atom. The summed E-state index contributed by atoms with van der Waals surface area (Å²) in [7, 11) is 0. The van der Waals surface area contributed by atoms with Crippen molar-refractivity contribution in [1.82, 2.24) is 5.32 Å². The van der Waals surface area contributed by atoms with Crippen molar-refractivity contribution >= 4 is 17.3 Å². The van der Waals surface area contributed by atoms with Gasteiger partial charge in [0.25, 0.3) is 0 Å². The van der Waals surface area contributed by atoms with Crippen molar-refractivity contribution in [2.75, 3.05) is 18.0 Å². The molecule has 0 radical (unpaired) electrons. The van der Waals surface area contributed by atoms with Crippen LogP contribution in [0.1, 0.15) is 45.6 Å². The Kier molecular flexibility index (Phi) is 5.74. The highest BCUT2D eigenvalue weighted by atomic mass is 35.5. The molecule has 0 unspecified atom stereocenters. The molecule has 1 saturated carbocycles. The van der Waals surface area contributed by atoms with E-state index >= 15 is 0 Å². The maximum Gasteiger partial charge on any atom is 0.0471 e. The lowest BCUT2D eigenvalue weighted by atomic mass is 10.1. The standard InChI is InChI=1S/C17H27ClN2/c1-4-19-12-15-16(18)6-5-7-17(15)20(14-8-9-14)11-10-13(2)3/h5-7,13-14,19H,4,8-12H2,1-3H3.